The molecule has 0 aliphatic heterocycles. The summed E-state index contributed by atoms with van der Waals surface area (Å²) in [6.45, 7) is 4.42. The maximum Gasteiger partial charge on any atom is 2.00 e. The summed E-state index contributed by atoms with van der Waals surface area (Å²) in [4.78, 5) is 0. The van der Waals surface area contributed by atoms with E-state index < -0.39 is 0 Å². The smallest absolute Gasteiger partial charge is 1.00 e. The van der Waals surface area contributed by atoms with Crippen molar-refractivity contribution in [3.05, 3.63) is 6.42 Å². The minimum atomic E-state index is 0. The topological polar surface area (TPSA) is 0 Å². The van der Waals surface area contributed by atoms with Crippen LogP contribution in [0.2, 0.25) is 0 Å². The third kappa shape index (κ3) is 17.6. The summed E-state index contributed by atoms with van der Waals surface area (Å²) in [7, 11) is 0. The van der Waals surface area contributed by atoms with Crippen LogP contribution in [-0.4, -0.2) is 23.1 Å². The molecule has 0 rings (SSSR count). The molecule has 0 aromatic rings. The van der Waals surface area contributed by atoms with E-state index in [1.54, 1.807) is 0 Å². The van der Waals surface area contributed by atoms with Gasteiger partial charge in [-0.25, -0.2) is 0 Å². The first-order valence-electron chi connectivity index (χ1n) is 3.23. The molecule has 0 amide bonds. The second-order valence-corrected chi connectivity index (χ2v) is 1.84. The Balaban J connectivity index is -0.000000180. The van der Waals surface area contributed by atoms with E-state index in [-0.39, 0.29) is 35.5 Å². The van der Waals surface area contributed by atoms with Gasteiger partial charge in [-0.3, -0.25) is 0 Å². The van der Waals surface area contributed by atoms with Gasteiger partial charge >= 0.3 is 23.1 Å². The largest absolute Gasteiger partial charge is 2.00 e. The van der Waals surface area contributed by atoms with Crippen molar-refractivity contribution in [2.75, 3.05) is 0 Å². The Morgan fingerprint density at radius 1 is 1.22 bits per heavy atom. The monoisotopic (exact) mass is 158 g/mol. The van der Waals surface area contributed by atoms with Gasteiger partial charge in [0.05, 0.1) is 0 Å². The molecular formula is C7H15ClMg. The second kappa shape index (κ2) is 16.0. The van der Waals surface area contributed by atoms with Crippen LogP contribution in [0.3, 0.4) is 0 Å². The Hall–Kier alpha value is 1.06. The van der Waals surface area contributed by atoms with Gasteiger partial charge in [0.1, 0.15) is 0 Å². The Bertz CT molecular complexity index is 28.1. The molecule has 0 saturated heterocycles. The summed E-state index contributed by atoms with van der Waals surface area (Å²) < 4.78 is 0. The van der Waals surface area contributed by atoms with Crippen LogP contribution in [-0.2, 0) is 0 Å². The molecular weight excluding hydrogens is 144 g/mol. The van der Waals surface area contributed by atoms with E-state index >= 15 is 0 Å². The fraction of sp³-hybridized carbons (Fsp3) is 0.857. The normalized spacial score (nSPS) is 7.33. The summed E-state index contributed by atoms with van der Waals surface area (Å²) in [6, 6.07) is 0. The number of unbranched alkanes of at least 4 members (excludes halogenated alkanes) is 4. The molecule has 2 heteroatoms. The minimum absolute atomic E-state index is 0. The van der Waals surface area contributed by atoms with Gasteiger partial charge in [-0.1, -0.05) is 26.7 Å². The van der Waals surface area contributed by atoms with E-state index in [9.17, 15) is 0 Å². The average molecular weight is 159 g/mol. The van der Waals surface area contributed by atoms with Crippen LogP contribution in [0.15, 0.2) is 0 Å². The van der Waals surface area contributed by atoms with Crippen LogP contribution >= 0.6 is 0 Å². The molecule has 0 nitrogen and oxygen atoms in total. The van der Waals surface area contributed by atoms with Crippen LogP contribution in [0, 0.1) is 6.42 Å². The zero-order valence-corrected chi connectivity index (χ0v) is 8.66. The molecule has 0 aliphatic carbocycles. The van der Waals surface area contributed by atoms with E-state index in [1.807, 2.05) is 0 Å². The van der Waals surface area contributed by atoms with E-state index in [1.165, 1.54) is 25.7 Å². The molecule has 0 aromatic carbocycles. The van der Waals surface area contributed by atoms with Gasteiger partial charge in [-0.05, 0) is 0 Å². The van der Waals surface area contributed by atoms with Crippen LogP contribution < -0.4 is 12.4 Å². The third-order valence-electron chi connectivity index (χ3n) is 1.05. The molecule has 0 unspecified atom stereocenters. The Kier molecular flexibility index (Phi) is 29.5. The van der Waals surface area contributed by atoms with Crippen molar-refractivity contribution in [1.82, 2.24) is 0 Å². The number of hydrogen-bond donors (Lipinski definition) is 0. The Morgan fingerprint density at radius 2 is 1.78 bits per heavy atom. The van der Waals surface area contributed by atoms with E-state index in [4.69, 9.17) is 0 Å². The first-order chi connectivity index (χ1) is 3.41. The molecule has 0 atom stereocenters. The van der Waals surface area contributed by atoms with E-state index in [0.29, 0.717) is 0 Å². The predicted molar refractivity (Wildman–Crippen MR) is 39.9 cm³/mol. The molecule has 0 spiro atoms. The van der Waals surface area contributed by atoms with Gasteiger partial charge in [0, 0.05) is 0 Å². The minimum Gasteiger partial charge on any atom is -1.00 e. The zero-order valence-electron chi connectivity index (χ0n) is 6.49. The van der Waals surface area contributed by atoms with Crippen LogP contribution in [0.4, 0.5) is 0 Å². The molecule has 0 N–H and O–H groups in total. The number of hydrogen-bond acceptors (Lipinski definition) is 0. The Labute approximate surface area is 81.4 Å². The molecule has 9 heavy (non-hydrogen) atoms. The summed E-state index contributed by atoms with van der Waals surface area (Å²) in [5.41, 5.74) is 0. The van der Waals surface area contributed by atoms with Crippen molar-refractivity contribution >= 4 is 23.1 Å². The molecule has 0 radical (unpaired) electrons. The van der Waals surface area contributed by atoms with Crippen LogP contribution in [0.1, 0.15) is 39.5 Å². The molecule has 0 heterocycles. The van der Waals surface area contributed by atoms with Crippen molar-refractivity contribution < 1.29 is 12.4 Å². The summed E-state index contributed by atoms with van der Waals surface area (Å²) in [5, 5.41) is 0. The van der Waals surface area contributed by atoms with Crippen molar-refractivity contribution in [1.29, 1.82) is 0 Å². The fourth-order valence-corrected chi connectivity index (χ4v) is 0.553. The fourth-order valence-electron chi connectivity index (χ4n) is 0.553. The van der Waals surface area contributed by atoms with Gasteiger partial charge in [0.15, 0.2) is 0 Å². The standard InChI is InChI=1S/C7H15.ClH.Mg/c1-3-5-7-6-4-2;;/h5H,3-4,6-7H2,1-2H3;1H;/q-1;;+2/p-1. The second-order valence-electron chi connectivity index (χ2n) is 1.84. The summed E-state index contributed by atoms with van der Waals surface area (Å²) in [5.74, 6) is 0. The van der Waals surface area contributed by atoms with E-state index in [2.05, 4.69) is 20.3 Å². The van der Waals surface area contributed by atoms with Gasteiger partial charge in [0.2, 0.25) is 0 Å². The van der Waals surface area contributed by atoms with Gasteiger partial charge in [0.25, 0.3) is 0 Å². The third-order valence-corrected chi connectivity index (χ3v) is 1.05. The SMILES string of the molecule is CC[CH-]CCCC.[Cl-].[Mg+2]. The zero-order chi connectivity index (χ0) is 5.54. The van der Waals surface area contributed by atoms with Crippen molar-refractivity contribution in [2.45, 2.75) is 39.5 Å². The number of rotatable bonds is 4. The molecule has 0 saturated carbocycles. The molecule has 0 fully saturated rings. The molecule has 0 bridgehead atoms. The maximum atomic E-state index is 2.34. The average Bonchev–Trinajstić information content (AvgIpc) is 1.69. The molecule has 0 aromatic heterocycles. The molecule has 0 aliphatic rings. The van der Waals surface area contributed by atoms with E-state index in [0.717, 1.165) is 0 Å². The quantitative estimate of drug-likeness (QED) is 0.292. The first-order valence-corrected chi connectivity index (χ1v) is 3.23. The van der Waals surface area contributed by atoms with Gasteiger partial charge in [-0.2, -0.15) is 12.8 Å². The van der Waals surface area contributed by atoms with Crippen LogP contribution in [0.5, 0.6) is 0 Å². The van der Waals surface area contributed by atoms with Crippen LogP contribution in [0.25, 0.3) is 0 Å². The summed E-state index contributed by atoms with van der Waals surface area (Å²) >= 11 is 0. The predicted octanol–water partition coefficient (Wildman–Crippen LogP) is -0.586. The molecule has 52 valence electrons. The first kappa shape index (κ1) is 16.6. The summed E-state index contributed by atoms with van der Waals surface area (Å²) in [6.07, 6.45) is 7.58. The Morgan fingerprint density at radius 3 is 2.11 bits per heavy atom. The van der Waals surface area contributed by atoms with Crippen molar-refractivity contribution in [3.63, 3.8) is 0 Å². The van der Waals surface area contributed by atoms with Crippen molar-refractivity contribution in [2.24, 2.45) is 0 Å². The van der Waals surface area contributed by atoms with Gasteiger partial charge in [-0.15, -0.1) is 0 Å². The van der Waals surface area contributed by atoms with Crippen molar-refractivity contribution in [3.8, 4) is 0 Å². The number of halogens is 1. The maximum absolute atomic E-state index is 2.34. The van der Waals surface area contributed by atoms with Gasteiger partial charge < -0.3 is 18.8 Å².